The number of hydrogen-bond acceptors (Lipinski definition) is 0. The Bertz CT molecular complexity index is 881. The number of fused-ring (bicyclic) bond motifs is 1. The number of halogens is 4. The van der Waals surface area contributed by atoms with Crippen LogP contribution in [0.25, 0.3) is 21.9 Å². The van der Waals surface area contributed by atoms with Gasteiger partial charge in [0.05, 0.1) is 5.56 Å². The zero-order valence-electron chi connectivity index (χ0n) is 12.6. The van der Waals surface area contributed by atoms with Crippen LogP contribution in [0.1, 0.15) is 16.7 Å². The molecule has 0 aliphatic rings. The van der Waals surface area contributed by atoms with E-state index in [0.717, 1.165) is 15.6 Å². The molecule has 0 aliphatic heterocycles. The van der Waals surface area contributed by atoms with Gasteiger partial charge in [0, 0.05) is 4.47 Å². The molecule has 3 rings (SSSR count). The van der Waals surface area contributed by atoms with Gasteiger partial charge in [-0.2, -0.15) is 13.2 Å². The maximum absolute atomic E-state index is 13.6. The number of benzene rings is 3. The number of hydrogen-bond donors (Lipinski definition) is 0. The van der Waals surface area contributed by atoms with Crippen molar-refractivity contribution >= 4 is 26.7 Å². The van der Waals surface area contributed by atoms with Crippen molar-refractivity contribution in [2.75, 3.05) is 0 Å². The molecular formula is C19H14BrF3. The average Bonchev–Trinajstić information content (AvgIpc) is 2.48. The van der Waals surface area contributed by atoms with E-state index in [0.29, 0.717) is 10.9 Å². The molecule has 0 fully saturated rings. The molecule has 0 nitrogen and oxygen atoms in total. The summed E-state index contributed by atoms with van der Waals surface area (Å²) in [5.74, 6) is 0. The fourth-order valence-electron chi connectivity index (χ4n) is 3.06. The molecule has 0 bridgehead atoms. The van der Waals surface area contributed by atoms with Gasteiger partial charge in [-0.15, -0.1) is 0 Å². The van der Waals surface area contributed by atoms with E-state index in [1.54, 1.807) is 32.0 Å². The number of alkyl halides is 3. The van der Waals surface area contributed by atoms with Crippen LogP contribution in [-0.2, 0) is 6.18 Å². The van der Waals surface area contributed by atoms with Crippen LogP contribution in [0.2, 0.25) is 0 Å². The summed E-state index contributed by atoms with van der Waals surface area (Å²) in [7, 11) is 0. The zero-order valence-corrected chi connectivity index (χ0v) is 14.2. The minimum Gasteiger partial charge on any atom is -0.166 e. The van der Waals surface area contributed by atoms with E-state index in [-0.39, 0.29) is 10.9 Å². The minimum atomic E-state index is -4.38. The Balaban J connectivity index is 2.52. The summed E-state index contributed by atoms with van der Waals surface area (Å²) >= 11 is 3.38. The van der Waals surface area contributed by atoms with Gasteiger partial charge in [-0.05, 0) is 59.0 Å². The molecule has 0 aliphatic carbocycles. The molecule has 118 valence electrons. The van der Waals surface area contributed by atoms with Crippen LogP contribution >= 0.6 is 15.9 Å². The Morgan fingerprint density at radius 2 is 1.48 bits per heavy atom. The van der Waals surface area contributed by atoms with Crippen molar-refractivity contribution < 1.29 is 13.2 Å². The summed E-state index contributed by atoms with van der Waals surface area (Å²) in [6, 6.07) is 14.5. The highest BCUT2D eigenvalue weighted by Crippen LogP contribution is 2.44. The van der Waals surface area contributed by atoms with Gasteiger partial charge in [0.1, 0.15) is 0 Å². The molecule has 3 aromatic rings. The van der Waals surface area contributed by atoms with Crippen molar-refractivity contribution in [2.24, 2.45) is 0 Å². The molecule has 0 aromatic heterocycles. The first kappa shape index (κ1) is 16.1. The van der Waals surface area contributed by atoms with Crippen LogP contribution < -0.4 is 0 Å². The molecule has 0 heterocycles. The average molecular weight is 379 g/mol. The van der Waals surface area contributed by atoms with Crippen molar-refractivity contribution in [2.45, 2.75) is 20.0 Å². The largest absolute Gasteiger partial charge is 0.417 e. The van der Waals surface area contributed by atoms with Crippen LogP contribution in [0.15, 0.2) is 53.0 Å². The monoisotopic (exact) mass is 378 g/mol. The quantitative estimate of drug-likeness (QED) is 0.431. The second-order valence-corrected chi connectivity index (χ2v) is 6.47. The third-order valence-electron chi connectivity index (χ3n) is 4.18. The van der Waals surface area contributed by atoms with E-state index >= 15 is 0 Å². The second-order valence-electron chi connectivity index (χ2n) is 5.55. The predicted octanol–water partition coefficient (Wildman–Crippen LogP) is 6.90. The molecule has 4 heteroatoms. The van der Waals surface area contributed by atoms with E-state index in [1.165, 1.54) is 0 Å². The van der Waals surface area contributed by atoms with Crippen LogP contribution in [0.4, 0.5) is 13.2 Å². The van der Waals surface area contributed by atoms with E-state index in [2.05, 4.69) is 15.9 Å². The SMILES string of the molecule is Cc1c(C)c(C(F)(F)F)c2ccc(Br)cc2c1-c1ccccc1. The van der Waals surface area contributed by atoms with Gasteiger partial charge in [-0.25, -0.2) is 0 Å². The Labute approximate surface area is 141 Å². The first-order valence-corrected chi connectivity index (χ1v) is 7.95. The first-order chi connectivity index (χ1) is 10.8. The van der Waals surface area contributed by atoms with Crippen LogP contribution in [0.5, 0.6) is 0 Å². The second kappa shape index (κ2) is 5.68. The normalized spacial score (nSPS) is 11.9. The molecule has 0 spiro atoms. The summed E-state index contributed by atoms with van der Waals surface area (Å²) in [6.45, 7) is 3.30. The third-order valence-corrected chi connectivity index (χ3v) is 4.67. The van der Waals surface area contributed by atoms with Crippen molar-refractivity contribution in [3.05, 3.63) is 69.7 Å². The van der Waals surface area contributed by atoms with Crippen molar-refractivity contribution in [1.29, 1.82) is 0 Å². The first-order valence-electron chi connectivity index (χ1n) is 7.15. The molecule has 0 radical (unpaired) electrons. The van der Waals surface area contributed by atoms with Gasteiger partial charge in [0.2, 0.25) is 0 Å². The smallest absolute Gasteiger partial charge is 0.166 e. The van der Waals surface area contributed by atoms with E-state index in [9.17, 15) is 13.2 Å². The fraction of sp³-hybridized carbons (Fsp3) is 0.158. The lowest BCUT2D eigenvalue weighted by molar-refractivity contribution is -0.136. The summed E-state index contributed by atoms with van der Waals surface area (Å²) in [5.41, 5.74) is 2.18. The van der Waals surface area contributed by atoms with Gasteiger partial charge in [-0.3, -0.25) is 0 Å². The molecule has 0 saturated heterocycles. The molecule has 0 saturated carbocycles. The van der Waals surface area contributed by atoms with Crippen LogP contribution in [0.3, 0.4) is 0 Å². The number of rotatable bonds is 1. The van der Waals surface area contributed by atoms with Gasteiger partial charge < -0.3 is 0 Å². The van der Waals surface area contributed by atoms with Gasteiger partial charge >= 0.3 is 6.18 Å². The topological polar surface area (TPSA) is 0 Å². The molecule has 0 atom stereocenters. The highest BCUT2D eigenvalue weighted by atomic mass is 79.9. The Hall–Kier alpha value is -1.81. The minimum absolute atomic E-state index is 0.239. The lowest BCUT2D eigenvalue weighted by atomic mass is 9.87. The van der Waals surface area contributed by atoms with E-state index in [4.69, 9.17) is 0 Å². The lowest BCUT2D eigenvalue weighted by Crippen LogP contribution is -2.10. The predicted molar refractivity (Wildman–Crippen MR) is 91.6 cm³/mol. The Morgan fingerprint density at radius 3 is 2.09 bits per heavy atom. The van der Waals surface area contributed by atoms with E-state index < -0.39 is 11.7 Å². The standard InChI is InChI=1S/C19H14BrF3/c1-11-12(2)18(19(21,22)23)15-9-8-14(20)10-16(15)17(11)13-6-4-3-5-7-13/h3-10H,1-2H3. The maximum Gasteiger partial charge on any atom is 0.417 e. The molecule has 0 amide bonds. The Morgan fingerprint density at radius 1 is 0.826 bits per heavy atom. The molecule has 0 unspecified atom stereocenters. The van der Waals surface area contributed by atoms with Crippen molar-refractivity contribution in [1.82, 2.24) is 0 Å². The zero-order chi connectivity index (χ0) is 16.8. The molecule has 3 aromatic carbocycles. The summed E-state index contributed by atoms with van der Waals surface area (Å²) in [5, 5.41) is 0.851. The summed E-state index contributed by atoms with van der Waals surface area (Å²) in [6.07, 6.45) is -4.38. The summed E-state index contributed by atoms with van der Waals surface area (Å²) in [4.78, 5) is 0. The fourth-order valence-corrected chi connectivity index (χ4v) is 3.42. The van der Waals surface area contributed by atoms with E-state index in [1.807, 2.05) is 30.3 Å². The van der Waals surface area contributed by atoms with Gasteiger partial charge in [0.25, 0.3) is 0 Å². The molecule has 0 N–H and O–H groups in total. The summed E-state index contributed by atoms with van der Waals surface area (Å²) < 4.78 is 41.5. The van der Waals surface area contributed by atoms with Crippen molar-refractivity contribution in [3.63, 3.8) is 0 Å². The van der Waals surface area contributed by atoms with Crippen molar-refractivity contribution in [3.8, 4) is 11.1 Å². The van der Waals surface area contributed by atoms with Crippen LogP contribution in [0, 0.1) is 13.8 Å². The Kier molecular flexibility index (Phi) is 3.96. The van der Waals surface area contributed by atoms with Gasteiger partial charge in [0.15, 0.2) is 0 Å². The highest BCUT2D eigenvalue weighted by molar-refractivity contribution is 9.10. The molecule has 23 heavy (non-hydrogen) atoms. The third kappa shape index (κ3) is 2.76. The van der Waals surface area contributed by atoms with Crippen LogP contribution in [-0.4, -0.2) is 0 Å². The highest BCUT2D eigenvalue weighted by Gasteiger charge is 2.36. The molecular weight excluding hydrogens is 365 g/mol. The lowest BCUT2D eigenvalue weighted by Gasteiger charge is -2.20. The maximum atomic E-state index is 13.6. The van der Waals surface area contributed by atoms with Gasteiger partial charge in [-0.1, -0.05) is 52.3 Å².